The standard InChI is InChI=1S/C19H17ClN4O2S2/c1-4-24-18(25)15-10(2)11(3)28-17(15)21-19(24)27-9-14-22-23-16(26-14)12-5-7-13(20)8-6-12/h5-8H,4,9H2,1-3H3. The number of thiophene rings is 1. The summed E-state index contributed by atoms with van der Waals surface area (Å²) in [6.07, 6.45) is 0. The second-order valence-electron chi connectivity index (χ2n) is 6.20. The largest absolute Gasteiger partial charge is 0.420 e. The average Bonchev–Trinajstić information content (AvgIpc) is 3.26. The van der Waals surface area contributed by atoms with Crippen LogP contribution in [-0.2, 0) is 12.3 Å². The molecule has 0 unspecified atom stereocenters. The van der Waals surface area contributed by atoms with E-state index in [1.807, 2.05) is 32.9 Å². The number of hydrogen-bond acceptors (Lipinski definition) is 7. The third-order valence-electron chi connectivity index (χ3n) is 4.45. The lowest BCUT2D eigenvalue weighted by molar-refractivity contribution is 0.527. The average molecular weight is 433 g/mol. The normalized spacial score (nSPS) is 11.4. The first-order valence-electron chi connectivity index (χ1n) is 8.69. The van der Waals surface area contributed by atoms with Gasteiger partial charge in [-0.1, -0.05) is 23.4 Å². The quantitative estimate of drug-likeness (QED) is 0.323. The van der Waals surface area contributed by atoms with Gasteiger partial charge in [0.15, 0.2) is 5.16 Å². The molecule has 0 N–H and O–H groups in total. The molecule has 0 atom stereocenters. The van der Waals surface area contributed by atoms with Gasteiger partial charge in [-0.25, -0.2) is 4.98 Å². The van der Waals surface area contributed by atoms with Crippen LogP contribution in [0.1, 0.15) is 23.3 Å². The van der Waals surface area contributed by atoms with Gasteiger partial charge in [0.1, 0.15) is 4.83 Å². The van der Waals surface area contributed by atoms with Crippen molar-refractivity contribution in [2.24, 2.45) is 0 Å². The molecule has 0 amide bonds. The molecule has 0 saturated heterocycles. The van der Waals surface area contributed by atoms with E-state index < -0.39 is 0 Å². The van der Waals surface area contributed by atoms with Gasteiger partial charge < -0.3 is 4.42 Å². The summed E-state index contributed by atoms with van der Waals surface area (Å²) in [5, 5.41) is 10.2. The maximum absolute atomic E-state index is 12.9. The van der Waals surface area contributed by atoms with Gasteiger partial charge in [-0.15, -0.1) is 21.5 Å². The van der Waals surface area contributed by atoms with E-state index >= 15 is 0 Å². The Morgan fingerprint density at radius 2 is 1.96 bits per heavy atom. The number of aromatic nitrogens is 4. The van der Waals surface area contributed by atoms with Crippen LogP contribution in [0.4, 0.5) is 0 Å². The lowest BCUT2D eigenvalue weighted by Crippen LogP contribution is -2.22. The van der Waals surface area contributed by atoms with E-state index in [0.29, 0.717) is 34.3 Å². The van der Waals surface area contributed by atoms with E-state index in [0.717, 1.165) is 26.2 Å². The summed E-state index contributed by atoms with van der Waals surface area (Å²) < 4.78 is 7.44. The van der Waals surface area contributed by atoms with Crippen LogP contribution < -0.4 is 5.56 Å². The molecule has 0 aliphatic carbocycles. The molecule has 0 aliphatic heterocycles. The first-order chi connectivity index (χ1) is 13.5. The predicted octanol–water partition coefficient (Wildman–Crippen LogP) is 5.09. The highest BCUT2D eigenvalue weighted by Crippen LogP contribution is 2.29. The molecule has 3 aromatic heterocycles. The fraction of sp³-hybridized carbons (Fsp3) is 0.263. The number of benzene rings is 1. The minimum atomic E-state index is 0.00392. The minimum Gasteiger partial charge on any atom is -0.420 e. The number of nitrogens with zero attached hydrogens (tertiary/aromatic N) is 4. The molecule has 0 radical (unpaired) electrons. The van der Waals surface area contributed by atoms with Crippen LogP contribution in [0.15, 0.2) is 38.6 Å². The number of fused-ring (bicyclic) bond motifs is 1. The first-order valence-corrected chi connectivity index (χ1v) is 10.9. The molecule has 0 spiro atoms. The molecule has 1 aromatic carbocycles. The van der Waals surface area contributed by atoms with Crippen LogP contribution in [0.2, 0.25) is 5.02 Å². The van der Waals surface area contributed by atoms with E-state index in [1.54, 1.807) is 28.0 Å². The molecule has 4 aromatic rings. The maximum Gasteiger partial charge on any atom is 0.263 e. The molecule has 0 saturated carbocycles. The van der Waals surface area contributed by atoms with Crippen LogP contribution in [-0.4, -0.2) is 19.7 Å². The minimum absolute atomic E-state index is 0.00392. The van der Waals surface area contributed by atoms with Crippen molar-refractivity contribution in [3.63, 3.8) is 0 Å². The predicted molar refractivity (Wildman–Crippen MR) is 113 cm³/mol. The van der Waals surface area contributed by atoms with Gasteiger partial charge in [-0.05, 0) is 50.6 Å². The summed E-state index contributed by atoms with van der Waals surface area (Å²) in [5.41, 5.74) is 1.83. The van der Waals surface area contributed by atoms with Crippen LogP contribution in [0.3, 0.4) is 0 Å². The van der Waals surface area contributed by atoms with Crippen molar-refractivity contribution < 1.29 is 4.42 Å². The zero-order chi connectivity index (χ0) is 19.8. The molecule has 6 nitrogen and oxygen atoms in total. The molecule has 4 rings (SSSR count). The third-order valence-corrected chi connectivity index (χ3v) is 6.77. The third kappa shape index (κ3) is 3.47. The van der Waals surface area contributed by atoms with Crippen LogP contribution in [0, 0.1) is 13.8 Å². The van der Waals surface area contributed by atoms with Crippen LogP contribution in [0.5, 0.6) is 0 Å². The monoisotopic (exact) mass is 432 g/mol. The van der Waals surface area contributed by atoms with E-state index in [-0.39, 0.29) is 5.56 Å². The summed E-state index contributed by atoms with van der Waals surface area (Å²) in [6.45, 7) is 6.49. The van der Waals surface area contributed by atoms with Crippen molar-refractivity contribution in [1.82, 2.24) is 19.7 Å². The molecule has 28 heavy (non-hydrogen) atoms. The van der Waals surface area contributed by atoms with Crippen molar-refractivity contribution in [2.75, 3.05) is 0 Å². The van der Waals surface area contributed by atoms with Crippen LogP contribution in [0.25, 0.3) is 21.7 Å². The lowest BCUT2D eigenvalue weighted by atomic mass is 10.2. The Morgan fingerprint density at radius 1 is 1.21 bits per heavy atom. The molecule has 0 bridgehead atoms. The highest BCUT2D eigenvalue weighted by Gasteiger charge is 2.17. The summed E-state index contributed by atoms with van der Waals surface area (Å²) in [7, 11) is 0. The Kier molecular flexibility index (Phi) is 5.27. The number of aryl methyl sites for hydroxylation is 2. The van der Waals surface area contributed by atoms with Crippen molar-refractivity contribution >= 4 is 44.9 Å². The number of thioether (sulfide) groups is 1. The smallest absolute Gasteiger partial charge is 0.263 e. The molecule has 0 aliphatic rings. The highest BCUT2D eigenvalue weighted by molar-refractivity contribution is 7.98. The Bertz CT molecular complexity index is 1210. The van der Waals surface area contributed by atoms with Crippen molar-refractivity contribution in [2.45, 2.75) is 38.2 Å². The summed E-state index contributed by atoms with van der Waals surface area (Å²) >= 11 is 8.88. The zero-order valence-electron chi connectivity index (χ0n) is 15.5. The SMILES string of the molecule is CCn1c(SCc2nnc(-c3ccc(Cl)cc3)o2)nc2sc(C)c(C)c2c1=O. The fourth-order valence-electron chi connectivity index (χ4n) is 2.85. The second-order valence-corrected chi connectivity index (χ2v) is 8.79. The van der Waals surface area contributed by atoms with Gasteiger partial charge in [0, 0.05) is 22.0 Å². The summed E-state index contributed by atoms with van der Waals surface area (Å²) in [6, 6.07) is 7.22. The van der Waals surface area contributed by atoms with Gasteiger partial charge >= 0.3 is 0 Å². The van der Waals surface area contributed by atoms with Gasteiger partial charge in [-0.3, -0.25) is 9.36 Å². The van der Waals surface area contributed by atoms with Crippen molar-refractivity contribution in [3.05, 3.63) is 56.0 Å². The molecule has 3 heterocycles. The second kappa shape index (κ2) is 7.69. The fourth-order valence-corrected chi connectivity index (χ4v) is 4.94. The van der Waals surface area contributed by atoms with E-state index in [2.05, 4.69) is 10.2 Å². The topological polar surface area (TPSA) is 73.8 Å². The number of hydrogen-bond donors (Lipinski definition) is 0. The van der Waals surface area contributed by atoms with Crippen LogP contribution >= 0.6 is 34.7 Å². The number of halogens is 1. The Hall–Kier alpha value is -2.16. The molecule has 0 fully saturated rings. The van der Waals surface area contributed by atoms with Gasteiger partial charge in [0.2, 0.25) is 11.8 Å². The summed E-state index contributed by atoms with van der Waals surface area (Å²) in [4.78, 5) is 19.5. The first kappa shape index (κ1) is 19.2. The van der Waals surface area contributed by atoms with E-state index in [1.165, 1.54) is 11.8 Å². The van der Waals surface area contributed by atoms with Crippen molar-refractivity contribution in [3.8, 4) is 11.5 Å². The Balaban J connectivity index is 1.61. The number of rotatable bonds is 5. The zero-order valence-corrected chi connectivity index (χ0v) is 17.9. The van der Waals surface area contributed by atoms with E-state index in [9.17, 15) is 4.79 Å². The van der Waals surface area contributed by atoms with E-state index in [4.69, 9.17) is 21.0 Å². The van der Waals surface area contributed by atoms with Gasteiger partial charge in [0.05, 0.1) is 11.1 Å². The lowest BCUT2D eigenvalue weighted by Gasteiger charge is -2.08. The molecule has 9 heteroatoms. The molecular weight excluding hydrogens is 416 g/mol. The maximum atomic E-state index is 12.9. The summed E-state index contributed by atoms with van der Waals surface area (Å²) in [5.74, 6) is 1.35. The highest BCUT2D eigenvalue weighted by atomic mass is 35.5. The molecular formula is C19H17ClN4O2S2. The van der Waals surface area contributed by atoms with Gasteiger partial charge in [-0.2, -0.15) is 0 Å². The molecule has 144 valence electrons. The van der Waals surface area contributed by atoms with Gasteiger partial charge in [0.25, 0.3) is 5.56 Å². The van der Waals surface area contributed by atoms with Crippen molar-refractivity contribution in [1.29, 1.82) is 0 Å². The Morgan fingerprint density at radius 3 is 2.68 bits per heavy atom. The Labute approximate surface area is 174 Å².